The number of amides is 1. The van der Waals surface area contributed by atoms with E-state index in [1.807, 2.05) is 31.7 Å². The summed E-state index contributed by atoms with van der Waals surface area (Å²) < 4.78 is 1.78. The van der Waals surface area contributed by atoms with Crippen molar-refractivity contribution in [2.75, 3.05) is 6.54 Å². The van der Waals surface area contributed by atoms with E-state index in [4.69, 9.17) is 5.73 Å². The first-order valence-corrected chi connectivity index (χ1v) is 7.15. The molecule has 1 aliphatic rings. The molecule has 0 bridgehead atoms. The molecule has 1 fully saturated rings. The summed E-state index contributed by atoms with van der Waals surface area (Å²) in [5, 5.41) is 4.35. The van der Waals surface area contributed by atoms with Crippen LogP contribution in [-0.4, -0.2) is 39.2 Å². The summed E-state index contributed by atoms with van der Waals surface area (Å²) in [6.45, 7) is 7.42. The number of rotatable bonds is 3. The fourth-order valence-electron chi connectivity index (χ4n) is 2.86. The van der Waals surface area contributed by atoms with Crippen molar-refractivity contribution in [2.24, 2.45) is 5.73 Å². The van der Waals surface area contributed by atoms with Crippen LogP contribution in [0, 0.1) is 6.92 Å². The summed E-state index contributed by atoms with van der Waals surface area (Å²) in [6.07, 6.45) is 3.22. The lowest BCUT2D eigenvalue weighted by molar-refractivity contribution is 0.0571. The molecule has 2 heterocycles. The van der Waals surface area contributed by atoms with Gasteiger partial charge in [0.1, 0.15) is 5.69 Å². The maximum absolute atomic E-state index is 12.7. The third-order valence-electron chi connectivity index (χ3n) is 3.84. The average Bonchev–Trinajstić information content (AvgIpc) is 2.79. The monoisotopic (exact) mass is 264 g/mol. The van der Waals surface area contributed by atoms with Gasteiger partial charge in [0.2, 0.25) is 0 Å². The summed E-state index contributed by atoms with van der Waals surface area (Å²) in [5.74, 6) is 0.0736. The fraction of sp³-hybridized carbons (Fsp3) is 0.714. The van der Waals surface area contributed by atoms with Crippen LogP contribution in [-0.2, 0) is 6.54 Å². The molecule has 1 aromatic heterocycles. The van der Waals surface area contributed by atoms with E-state index >= 15 is 0 Å². The highest BCUT2D eigenvalue weighted by molar-refractivity contribution is 5.93. The van der Waals surface area contributed by atoms with Gasteiger partial charge in [-0.25, -0.2) is 0 Å². The summed E-state index contributed by atoms with van der Waals surface area (Å²) in [6, 6.07) is 2.05. The maximum atomic E-state index is 12.7. The molecule has 0 spiro atoms. The van der Waals surface area contributed by atoms with E-state index in [-0.39, 0.29) is 18.0 Å². The Morgan fingerprint density at radius 1 is 1.58 bits per heavy atom. The van der Waals surface area contributed by atoms with Crippen molar-refractivity contribution in [2.45, 2.75) is 58.7 Å². The second-order valence-corrected chi connectivity index (χ2v) is 5.41. The van der Waals surface area contributed by atoms with Crippen LogP contribution in [0.2, 0.25) is 0 Å². The first-order valence-electron chi connectivity index (χ1n) is 7.15. The zero-order valence-electron chi connectivity index (χ0n) is 12.1. The van der Waals surface area contributed by atoms with Crippen molar-refractivity contribution in [1.82, 2.24) is 14.7 Å². The molecule has 106 valence electrons. The predicted octanol–water partition coefficient (Wildman–Crippen LogP) is 1.55. The normalized spacial score (nSPS) is 21.5. The first-order chi connectivity index (χ1) is 9.04. The molecule has 2 atom stereocenters. The van der Waals surface area contributed by atoms with Crippen molar-refractivity contribution in [3.63, 3.8) is 0 Å². The quantitative estimate of drug-likeness (QED) is 0.901. The predicted molar refractivity (Wildman–Crippen MR) is 75.0 cm³/mol. The van der Waals surface area contributed by atoms with Crippen LogP contribution in [0.25, 0.3) is 0 Å². The lowest BCUT2D eigenvalue weighted by atomic mass is 9.96. The largest absolute Gasteiger partial charge is 0.333 e. The molecular weight excluding hydrogens is 240 g/mol. The Hall–Kier alpha value is -1.36. The number of hydrogen-bond acceptors (Lipinski definition) is 3. The molecule has 1 amide bonds. The molecule has 0 saturated carbocycles. The van der Waals surface area contributed by atoms with Crippen LogP contribution in [0.5, 0.6) is 0 Å². The Labute approximate surface area is 114 Å². The Balaban J connectivity index is 2.26. The number of nitrogens with zero attached hydrogens (tertiary/aromatic N) is 3. The van der Waals surface area contributed by atoms with Crippen molar-refractivity contribution in [1.29, 1.82) is 0 Å². The number of hydrogen-bond donors (Lipinski definition) is 1. The van der Waals surface area contributed by atoms with E-state index in [0.717, 1.165) is 31.5 Å². The third kappa shape index (κ3) is 2.81. The van der Waals surface area contributed by atoms with Crippen LogP contribution in [0.3, 0.4) is 0 Å². The molecule has 1 saturated heterocycles. The summed E-state index contributed by atoms with van der Waals surface area (Å²) >= 11 is 0. The minimum Gasteiger partial charge on any atom is -0.333 e. The number of carbonyl (C=O) groups excluding carboxylic acids is 1. The lowest BCUT2D eigenvalue weighted by Crippen LogP contribution is -2.52. The van der Waals surface area contributed by atoms with Gasteiger partial charge in [0.05, 0.1) is 5.69 Å². The van der Waals surface area contributed by atoms with Gasteiger partial charge in [-0.2, -0.15) is 5.10 Å². The van der Waals surface area contributed by atoms with E-state index < -0.39 is 0 Å². The Morgan fingerprint density at radius 3 is 2.95 bits per heavy atom. The second kappa shape index (κ2) is 5.74. The van der Waals surface area contributed by atoms with Crippen molar-refractivity contribution in [3.8, 4) is 0 Å². The number of nitrogens with two attached hydrogens (primary N) is 1. The van der Waals surface area contributed by atoms with Crippen molar-refractivity contribution < 1.29 is 4.79 Å². The summed E-state index contributed by atoms with van der Waals surface area (Å²) in [7, 11) is 0. The Bertz CT molecular complexity index is 452. The molecule has 19 heavy (non-hydrogen) atoms. The highest BCUT2D eigenvalue weighted by Gasteiger charge is 2.31. The van der Waals surface area contributed by atoms with Gasteiger partial charge >= 0.3 is 0 Å². The molecule has 0 radical (unpaired) electrons. The number of aromatic nitrogens is 2. The topological polar surface area (TPSA) is 64.2 Å². The molecule has 0 aromatic carbocycles. The highest BCUT2D eigenvalue weighted by atomic mass is 16.2. The smallest absolute Gasteiger partial charge is 0.272 e. The van der Waals surface area contributed by atoms with Gasteiger partial charge in [0.25, 0.3) is 5.91 Å². The van der Waals surface area contributed by atoms with E-state index in [2.05, 4.69) is 5.10 Å². The minimum absolute atomic E-state index is 0.0170. The van der Waals surface area contributed by atoms with Crippen LogP contribution in [0.15, 0.2) is 6.07 Å². The van der Waals surface area contributed by atoms with E-state index in [1.54, 1.807) is 4.68 Å². The Morgan fingerprint density at radius 2 is 2.32 bits per heavy atom. The van der Waals surface area contributed by atoms with Crippen LogP contribution in [0.4, 0.5) is 0 Å². The van der Waals surface area contributed by atoms with E-state index in [0.29, 0.717) is 12.2 Å². The van der Waals surface area contributed by atoms with Crippen molar-refractivity contribution in [3.05, 3.63) is 17.5 Å². The zero-order chi connectivity index (χ0) is 14.0. The van der Waals surface area contributed by atoms with Crippen LogP contribution < -0.4 is 5.73 Å². The first kappa shape index (κ1) is 14.1. The Kier molecular flexibility index (Phi) is 4.24. The third-order valence-corrected chi connectivity index (χ3v) is 3.84. The van der Waals surface area contributed by atoms with Gasteiger partial charge < -0.3 is 10.6 Å². The molecule has 0 aliphatic carbocycles. The lowest BCUT2D eigenvalue weighted by Gasteiger charge is -2.38. The molecule has 2 N–H and O–H groups in total. The van der Waals surface area contributed by atoms with E-state index in [1.165, 1.54) is 0 Å². The maximum Gasteiger partial charge on any atom is 0.272 e. The molecular formula is C14H24N4O. The standard InChI is InChI=1S/C14H24N4O/c1-4-18-13(9-10(2)16-18)14(19)17-8-6-5-7-12(17)11(3)15/h9,11-12H,4-8,15H2,1-3H3. The number of aryl methyl sites for hydroxylation is 2. The fourth-order valence-corrected chi connectivity index (χ4v) is 2.86. The molecule has 2 rings (SSSR count). The van der Waals surface area contributed by atoms with Crippen molar-refractivity contribution >= 4 is 5.91 Å². The van der Waals surface area contributed by atoms with E-state index in [9.17, 15) is 4.79 Å². The van der Waals surface area contributed by atoms with Gasteiger partial charge in [-0.05, 0) is 46.1 Å². The van der Waals surface area contributed by atoms with Crippen LogP contribution in [0.1, 0.15) is 49.3 Å². The van der Waals surface area contributed by atoms with Gasteiger partial charge in [-0.15, -0.1) is 0 Å². The minimum atomic E-state index is 0.0170. The molecule has 1 aliphatic heterocycles. The number of carbonyl (C=O) groups is 1. The number of likely N-dealkylation sites (tertiary alicyclic amines) is 1. The molecule has 5 heteroatoms. The molecule has 5 nitrogen and oxygen atoms in total. The van der Waals surface area contributed by atoms with Gasteiger partial charge in [-0.1, -0.05) is 0 Å². The van der Waals surface area contributed by atoms with Gasteiger partial charge in [0.15, 0.2) is 0 Å². The summed E-state index contributed by atoms with van der Waals surface area (Å²) in [4.78, 5) is 14.7. The van der Waals surface area contributed by atoms with Crippen LogP contribution >= 0.6 is 0 Å². The SMILES string of the molecule is CCn1nc(C)cc1C(=O)N1CCCCC1C(C)N. The molecule has 1 aromatic rings. The van der Waals surface area contributed by atoms with Gasteiger partial charge in [0, 0.05) is 25.2 Å². The number of piperidine rings is 1. The van der Waals surface area contributed by atoms with Gasteiger partial charge in [-0.3, -0.25) is 9.48 Å². The molecule has 2 unspecified atom stereocenters. The zero-order valence-corrected chi connectivity index (χ0v) is 12.1. The summed E-state index contributed by atoms with van der Waals surface area (Å²) in [5.41, 5.74) is 7.61. The highest BCUT2D eigenvalue weighted by Crippen LogP contribution is 2.21. The average molecular weight is 264 g/mol. The second-order valence-electron chi connectivity index (χ2n) is 5.41.